The predicted molar refractivity (Wildman–Crippen MR) is 74.6 cm³/mol. The van der Waals surface area contributed by atoms with Crippen molar-refractivity contribution >= 4 is 0 Å². The second kappa shape index (κ2) is 5.71. The van der Waals surface area contributed by atoms with E-state index in [-0.39, 0.29) is 6.04 Å². The number of hydrogen-bond acceptors (Lipinski definition) is 4. The zero-order valence-corrected chi connectivity index (χ0v) is 11.4. The van der Waals surface area contributed by atoms with Crippen LogP contribution in [-0.4, -0.2) is 12.1 Å². The van der Waals surface area contributed by atoms with E-state index >= 15 is 0 Å². The van der Waals surface area contributed by atoms with Crippen LogP contribution in [0, 0.1) is 6.92 Å². The highest BCUT2D eigenvalue weighted by molar-refractivity contribution is 5.48. The fourth-order valence-corrected chi connectivity index (χ4v) is 1.88. The van der Waals surface area contributed by atoms with E-state index in [2.05, 4.69) is 4.98 Å². The molecule has 2 rings (SSSR count). The Morgan fingerprint density at radius 3 is 2.47 bits per heavy atom. The normalized spacial score (nSPS) is 12.0. The third-order valence-electron chi connectivity index (χ3n) is 2.81. The molecule has 4 heteroatoms. The first-order chi connectivity index (χ1) is 9.11. The molecule has 19 heavy (non-hydrogen) atoms. The van der Waals surface area contributed by atoms with E-state index in [0.29, 0.717) is 11.5 Å². The minimum Gasteiger partial charge on any atom is -0.496 e. The van der Waals surface area contributed by atoms with E-state index in [9.17, 15) is 0 Å². The van der Waals surface area contributed by atoms with Crippen LogP contribution in [-0.2, 0) is 0 Å². The molecule has 0 aliphatic rings. The monoisotopic (exact) mass is 258 g/mol. The summed E-state index contributed by atoms with van der Waals surface area (Å²) >= 11 is 0. The maximum Gasteiger partial charge on any atom is 0.145 e. The molecule has 2 aromatic rings. The topological polar surface area (TPSA) is 57.4 Å². The summed E-state index contributed by atoms with van der Waals surface area (Å²) in [6, 6.07) is 9.24. The van der Waals surface area contributed by atoms with Crippen LogP contribution < -0.4 is 15.2 Å². The molecule has 1 atom stereocenters. The smallest absolute Gasteiger partial charge is 0.145 e. The Balaban J connectivity index is 2.36. The minimum absolute atomic E-state index is 0.176. The second-order valence-corrected chi connectivity index (χ2v) is 4.40. The second-order valence-electron chi connectivity index (χ2n) is 4.40. The summed E-state index contributed by atoms with van der Waals surface area (Å²) in [6.45, 7) is 3.83. The van der Waals surface area contributed by atoms with Crippen molar-refractivity contribution in [3.8, 4) is 17.2 Å². The van der Waals surface area contributed by atoms with Crippen molar-refractivity contribution in [1.82, 2.24) is 4.98 Å². The molecule has 0 aliphatic carbocycles. The van der Waals surface area contributed by atoms with Gasteiger partial charge in [0, 0.05) is 11.7 Å². The van der Waals surface area contributed by atoms with Crippen molar-refractivity contribution in [2.24, 2.45) is 5.73 Å². The van der Waals surface area contributed by atoms with E-state index in [1.165, 1.54) is 0 Å². The molecular weight excluding hydrogens is 240 g/mol. The van der Waals surface area contributed by atoms with Crippen LogP contribution in [0.1, 0.15) is 24.2 Å². The number of pyridine rings is 1. The zero-order valence-electron chi connectivity index (χ0n) is 11.4. The average Bonchev–Trinajstić information content (AvgIpc) is 2.40. The van der Waals surface area contributed by atoms with Gasteiger partial charge >= 0.3 is 0 Å². The highest BCUT2D eigenvalue weighted by Gasteiger charge is 2.14. The Labute approximate surface area is 113 Å². The molecule has 1 unspecified atom stereocenters. The number of ether oxygens (including phenoxy) is 2. The summed E-state index contributed by atoms with van der Waals surface area (Å²) < 4.78 is 11.2. The van der Waals surface area contributed by atoms with Gasteiger partial charge in [0.2, 0.25) is 0 Å². The lowest BCUT2D eigenvalue weighted by atomic mass is 10.1. The maximum absolute atomic E-state index is 5.99. The van der Waals surface area contributed by atoms with Gasteiger partial charge in [0.25, 0.3) is 0 Å². The van der Waals surface area contributed by atoms with Crippen LogP contribution in [0.4, 0.5) is 0 Å². The maximum atomic E-state index is 5.99. The lowest BCUT2D eigenvalue weighted by Crippen LogP contribution is -2.08. The summed E-state index contributed by atoms with van der Waals surface area (Å²) in [4.78, 5) is 4.20. The van der Waals surface area contributed by atoms with E-state index in [4.69, 9.17) is 15.2 Å². The van der Waals surface area contributed by atoms with Crippen LogP contribution in [0.5, 0.6) is 17.2 Å². The van der Waals surface area contributed by atoms with Crippen LogP contribution in [0.15, 0.2) is 36.5 Å². The van der Waals surface area contributed by atoms with Gasteiger partial charge in [-0.3, -0.25) is 4.98 Å². The molecule has 0 bridgehead atoms. The summed E-state index contributed by atoms with van der Waals surface area (Å²) in [5, 5.41) is 0. The molecule has 1 aromatic heterocycles. The number of nitrogens with two attached hydrogens (primary N) is 1. The van der Waals surface area contributed by atoms with Crippen molar-refractivity contribution in [3.63, 3.8) is 0 Å². The Bertz CT molecular complexity index is 551. The van der Waals surface area contributed by atoms with E-state index in [0.717, 1.165) is 17.0 Å². The lowest BCUT2D eigenvalue weighted by molar-refractivity contribution is 0.397. The van der Waals surface area contributed by atoms with Crippen molar-refractivity contribution in [1.29, 1.82) is 0 Å². The molecular formula is C15H18N2O2. The van der Waals surface area contributed by atoms with Gasteiger partial charge in [-0.15, -0.1) is 0 Å². The van der Waals surface area contributed by atoms with Crippen LogP contribution in [0.3, 0.4) is 0 Å². The molecule has 0 fully saturated rings. The zero-order chi connectivity index (χ0) is 13.8. The predicted octanol–water partition coefficient (Wildman–Crippen LogP) is 3.21. The molecule has 1 heterocycles. The largest absolute Gasteiger partial charge is 0.496 e. The van der Waals surface area contributed by atoms with Crippen molar-refractivity contribution in [3.05, 3.63) is 47.8 Å². The first kappa shape index (κ1) is 13.4. The fraction of sp³-hybridized carbons (Fsp3) is 0.267. The van der Waals surface area contributed by atoms with Gasteiger partial charge in [0.05, 0.1) is 18.9 Å². The quantitative estimate of drug-likeness (QED) is 0.914. The molecule has 0 radical (unpaired) electrons. The first-order valence-corrected chi connectivity index (χ1v) is 6.15. The van der Waals surface area contributed by atoms with Gasteiger partial charge in [-0.25, -0.2) is 0 Å². The van der Waals surface area contributed by atoms with E-state index in [1.807, 2.05) is 44.2 Å². The van der Waals surface area contributed by atoms with Gasteiger partial charge in [0.15, 0.2) is 0 Å². The molecule has 0 saturated heterocycles. The van der Waals surface area contributed by atoms with Gasteiger partial charge in [0.1, 0.15) is 17.2 Å². The highest BCUT2D eigenvalue weighted by Crippen LogP contribution is 2.35. The Morgan fingerprint density at radius 1 is 1.16 bits per heavy atom. The molecule has 100 valence electrons. The number of hydrogen-bond donors (Lipinski definition) is 1. The van der Waals surface area contributed by atoms with Crippen LogP contribution >= 0.6 is 0 Å². The SMILES string of the molecule is COc1cccc(Oc2ccc(C)nc2)c1C(C)N. The van der Waals surface area contributed by atoms with E-state index < -0.39 is 0 Å². The molecule has 0 saturated carbocycles. The average molecular weight is 258 g/mol. The molecule has 2 N–H and O–H groups in total. The standard InChI is InChI=1S/C15H18N2O2/c1-10-7-8-12(9-17-10)19-14-6-4-5-13(18-3)15(14)11(2)16/h4-9,11H,16H2,1-3H3. The van der Waals surface area contributed by atoms with Crippen molar-refractivity contribution < 1.29 is 9.47 Å². The Hall–Kier alpha value is -2.07. The van der Waals surface area contributed by atoms with Crippen LogP contribution in [0.25, 0.3) is 0 Å². The number of rotatable bonds is 4. The highest BCUT2D eigenvalue weighted by atomic mass is 16.5. The van der Waals surface area contributed by atoms with Crippen LogP contribution in [0.2, 0.25) is 0 Å². The minimum atomic E-state index is -0.176. The first-order valence-electron chi connectivity index (χ1n) is 6.15. The molecule has 0 amide bonds. The van der Waals surface area contributed by atoms with E-state index in [1.54, 1.807) is 13.3 Å². The number of nitrogens with zero attached hydrogens (tertiary/aromatic N) is 1. The molecule has 4 nitrogen and oxygen atoms in total. The molecule has 0 aliphatic heterocycles. The lowest BCUT2D eigenvalue weighted by Gasteiger charge is -2.17. The van der Waals surface area contributed by atoms with Gasteiger partial charge < -0.3 is 15.2 Å². The van der Waals surface area contributed by atoms with Gasteiger partial charge in [-0.05, 0) is 38.1 Å². The van der Waals surface area contributed by atoms with Crippen molar-refractivity contribution in [2.75, 3.05) is 7.11 Å². The Kier molecular flexibility index (Phi) is 4.02. The molecule has 0 spiro atoms. The number of aromatic nitrogens is 1. The third kappa shape index (κ3) is 3.03. The number of aryl methyl sites for hydroxylation is 1. The third-order valence-corrected chi connectivity index (χ3v) is 2.81. The molecule has 1 aromatic carbocycles. The number of methoxy groups -OCH3 is 1. The Morgan fingerprint density at radius 2 is 1.89 bits per heavy atom. The van der Waals surface area contributed by atoms with Gasteiger partial charge in [-0.2, -0.15) is 0 Å². The van der Waals surface area contributed by atoms with Gasteiger partial charge in [-0.1, -0.05) is 6.07 Å². The summed E-state index contributed by atoms with van der Waals surface area (Å²) in [6.07, 6.45) is 1.69. The fourth-order valence-electron chi connectivity index (χ4n) is 1.88. The summed E-state index contributed by atoms with van der Waals surface area (Å²) in [7, 11) is 1.62. The summed E-state index contributed by atoms with van der Waals surface area (Å²) in [5.41, 5.74) is 7.79. The van der Waals surface area contributed by atoms with Crippen molar-refractivity contribution in [2.45, 2.75) is 19.9 Å². The summed E-state index contributed by atoms with van der Waals surface area (Å²) in [5.74, 6) is 2.10. The number of benzene rings is 1.